The van der Waals surface area contributed by atoms with Crippen LogP contribution in [0.5, 0.6) is 0 Å². The van der Waals surface area contributed by atoms with E-state index in [0.29, 0.717) is 6.54 Å². The molecule has 36 heavy (non-hydrogen) atoms. The number of urea groups is 1. The van der Waals surface area contributed by atoms with Crippen LogP contribution in [0.15, 0.2) is 12.7 Å². The van der Waals surface area contributed by atoms with E-state index in [1.807, 2.05) is 0 Å². The second-order valence-corrected chi connectivity index (χ2v) is 10.9. The van der Waals surface area contributed by atoms with Gasteiger partial charge in [0.1, 0.15) is 32.2 Å². The number of hydrogen-bond donors (Lipinski definition) is 5. The summed E-state index contributed by atoms with van der Waals surface area (Å²) < 4.78 is 38.7. The van der Waals surface area contributed by atoms with Crippen molar-refractivity contribution in [3.8, 4) is 0 Å². The molecule has 3 heterocycles. The van der Waals surface area contributed by atoms with E-state index >= 15 is 0 Å². The van der Waals surface area contributed by atoms with Gasteiger partial charge in [-0.05, 0) is 6.92 Å². The van der Waals surface area contributed by atoms with Gasteiger partial charge in [-0.15, -0.1) is 0 Å². The maximum Gasteiger partial charge on any atom is 0.320 e. The van der Waals surface area contributed by atoms with Crippen molar-refractivity contribution in [3.63, 3.8) is 0 Å². The predicted octanol–water partition coefficient (Wildman–Crippen LogP) is -1.88. The number of carbonyl (C=O) groups excluding carboxylic acids is 1. The Hall–Kier alpha value is -2.53. The Bertz CT molecular complexity index is 1210. The quantitative estimate of drug-likeness (QED) is 0.191. The number of imidazole rings is 1. The molecule has 5 N–H and O–H groups in total. The highest BCUT2D eigenvalue weighted by Crippen LogP contribution is 2.55. The van der Waals surface area contributed by atoms with Crippen molar-refractivity contribution in [2.75, 3.05) is 24.6 Å². The average molecular weight is 552 g/mol. The number of hydrogen-bond acceptors (Lipinski definition) is 14. The maximum absolute atomic E-state index is 11.9. The zero-order valence-corrected chi connectivity index (χ0v) is 20.3. The number of nitrogens with zero attached hydrogens (tertiary/aromatic N) is 4. The number of carboxylic acids is 1. The molecule has 1 saturated heterocycles. The number of aliphatic hydroxyl groups excluding tert-OH is 2. The van der Waals surface area contributed by atoms with Crippen molar-refractivity contribution >= 4 is 44.4 Å². The molecule has 1 aliphatic rings. The normalized spacial score (nSPS) is 25.2. The zero-order chi connectivity index (χ0) is 26.7. The lowest BCUT2D eigenvalue weighted by atomic mass is 10.1. The van der Waals surface area contributed by atoms with Crippen molar-refractivity contribution in [1.82, 2.24) is 24.8 Å². The van der Waals surface area contributed by atoms with Crippen LogP contribution in [0.3, 0.4) is 0 Å². The first kappa shape index (κ1) is 28.0. The van der Waals surface area contributed by atoms with Crippen LogP contribution < -0.4 is 20.4 Å². The minimum atomic E-state index is -5.49. The highest BCUT2D eigenvalue weighted by molar-refractivity contribution is 7.62. The Morgan fingerprint density at radius 3 is 2.61 bits per heavy atom. The molecule has 0 bridgehead atoms. The molecular formula is C16H22N6O12P2-2. The minimum absolute atomic E-state index is 0.0481. The first-order valence-electron chi connectivity index (χ1n) is 10.3. The second-order valence-electron chi connectivity index (χ2n) is 7.38. The number of carbonyl (C=O) groups is 2. The Morgan fingerprint density at radius 2 is 1.94 bits per heavy atom. The van der Waals surface area contributed by atoms with Crippen LogP contribution in [-0.4, -0.2) is 84.5 Å². The molecule has 18 nitrogen and oxygen atoms in total. The summed E-state index contributed by atoms with van der Waals surface area (Å²) in [4.78, 5) is 57.9. The van der Waals surface area contributed by atoms with Gasteiger partial charge in [0.2, 0.25) is 0 Å². The standard InChI is InChI=1S/C16H24N6O12P2/c1-2-17-16(27)21-13-10-14(19-6-18-13)22(7-20-10)15-12(26)11(25)8(33-15)5-32-36(30,31)34-35(28,29)4-3-9(23)24/h6-8,11-12,15,25-26H,2-5H2,1H3,(H,23,24)(H,28,29)(H,30,31)(H2,17,18,19,21,27)/p-2/t8-,11?,12+,15-/m1/s1. The number of carboxylic acid groups (broad SMARTS) is 1. The Labute approximate surface area is 202 Å². The van der Waals surface area contributed by atoms with E-state index < -0.39 is 71.1 Å². The molecule has 1 aliphatic heterocycles. The summed E-state index contributed by atoms with van der Waals surface area (Å²) in [5.41, 5.74) is 0.219. The number of aliphatic carboxylic acids is 1. The van der Waals surface area contributed by atoms with Gasteiger partial charge >= 0.3 is 12.0 Å². The third kappa shape index (κ3) is 6.82. The number of fused-ring (bicyclic) bond motifs is 1. The molecule has 3 rings (SSSR count). The first-order valence-corrected chi connectivity index (χ1v) is 13.4. The number of aliphatic hydroxyl groups is 2. The molecule has 2 aromatic heterocycles. The van der Waals surface area contributed by atoms with Gasteiger partial charge in [0, 0.05) is 12.7 Å². The number of rotatable bonds is 11. The lowest BCUT2D eigenvalue weighted by Crippen LogP contribution is -2.34. The Kier molecular flexibility index (Phi) is 8.76. The van der Waals surface area contributed by atoms with Crippen molar-refractivity contribution < 1.29 is 57.4 Å². The summed E-state index contributed by atoms with van der Waals surface area (Å²) in [6.07, 6.45) is -5.80. The second kappa shape index (κ2) is 11.2. The number of anilines is 1. The number of aromatic nitrogens is 4. The molecule has 200 valence electrons. The van der Waals surface area contributed by atoms with E-state index in [1.54, 1.807) is 6.92 Å². The van der Waals surface area contributed by atoms with E-state index in [1.165, 1.54) is 10.9 Å². The van der Waals surface area contributed by atoms with Crippen molar-refractivity contribution in [1.29, 1.82) is 0 Å². The lowest BCUT2D eigenvalue weighted by molar-refractivity contribution is -0.234. The number of ether oxygens (including phenoxy) is 1. The van der Waals surface area contributed by atoms with E-state index in [0.717, 1.165) is 6.33 Å². The molecule has 0 spiro atoms. The lowest BCUT2D eigenvalue weighted by Gasteiger charge is -2.31. The smallest absolute Gasteiger partial charge is 0.320 e. The van der Waals surface area contributed by atoms with Gasteiger partial charge in [0.25, 0.3) is 7.82 Å². The molecule has 6 atom stereocenters. The molecule has 0 radical (unpaired) electrons. The zero-order valence-electron chi connectivity index (χ0n) is 18.5. The summed E-state index contributed by atoms with van der Waals surface area (Å²) in [7, 11) is -10.6. The van der Waals surface area contributed by atoms with Crippen LogP contribution in [-0.2, 0) is 27.5 Å². The molecule has 0 saturated carbocycles. The molecule has 0 aliphatic carbocycles. The van der Waals surface area contributed by atoms with Gasteiger partial charge in [-0.25, -0.2) is 19.7 Å². The fourth-order valence-corrected chi connectivity index (χ4v) is 5.68. The Morgan fingerprint density at radius 1 is 1.22 bits per heavy atom. The molecule has 1 fully saturated rings. The highest BCUT2D eigenvalue weighted by Gasteiger charge is 2.45. The van der Waals surface area contributed by atoms with Gasteiger partial charge in [0.05, 0.1) is 19.4 Å². The van der Waals surface area contributed by atoms with Gasteiger partial charge in [0.15, 0.2) is 23.2 Å². The van der Waals surface area contributed by atoms with E-state index in [-0.39, 0.29) is 17.0 Å². The van der Waals surface area contributed by atoms with Crippen molar-refractivity contribution in [3.05, 3.63) is 12.7 Å². The third-order valence-corrected chi connectivity index (χ3v) is 7.79. The fraction of sp³-hybridized carbons (Fsp3) is 0.562. The largest absolute Gasteiger partial charge is 0.778 e. The molecule has 2 aromatic rings. The third-order valence-electron chi connectivity index (χ3n) is 4.76. The SMILES string of the molecule is CCNC(=O)Nc1ncnc2c1ncn2[C@@H]1O[C@H](COP(=O)([O-])OP(=O)([O-])CCC(=O)O)C(O)[C@@H]1O. The molecule has 20 heteroatoms. The molecule has 2 amide bonds. The number of phosphoric ester groups is 1. The number of phosphoric acid groups is 1. The van der Waals surface area contributed by atoms with E-state index in [4.69, 9.17) is 9.84 Å². The maximum atomic E-state index is 11.9. The van der Waals surface area contributed by atoms with Crippen LogP contribution in [0.4, 0.5) is 10.6 Å². The van der Waals surface area contributed by atoms with E-state index in [2.05, 4.69) is 34.4 Å². The minimum Gasteiger partial charge on any atom is -0.778 e. The average Bonchev–Trinajstić information content (AvgIpc) is 3.32. The monoisotopic (exact) mass is 552 g/mol. The molecular weight excluding hydrogens is 530 g/mol. The van der Waals surface area contributed by atoms with Crippen molar-refractivity contribution in [2.24, 2.45) is 0 Å². The van der Waals surface area contributed by atoms with Crippen molar-refractivity contribution in [2.45, 2.75) is 37.9 Å². The highest BCUT2D eigenvalue weighted by atomic mass is 31.3. The van der Waals surface area contributed by atoms with Crippen LogP contribution in [0.1, 0.15) is 19.6 Å². The Balaban J connectivity index is 1.70. The number of nitrogens with one attached hydrogen (secondary N) is 2. The van der Waals surface area contributed by atoms with Gasteiger partial charge in [-0.3, -0.25) is 23.6 Å². The fourth-order valence-electron chi connectivity index (χ4n) is 3.15. The van der Waals surface area contributed by atoms with Gasteiger partial charge in [-0.1, -0.05) is 0 Å². The van der Waals surface area contributed by atoms with E-state index in [9.17, 15) is 38.7 Å². The summed E-state index contributed by atoms with van der Waals surface area (Å²) in [6.45, 7) is 1.12. The molecule has 0 aromatic carbocycles. The van der Waals surface area contributed by atoms with Crippen LogP contribution in [0, 0.1) is 0 Å². The van der Waals surface area contributed by atoms with Gasteiger partial charge < -0.3 is 44.2 Å². The summed E-state index contributed by atoms with van der Waals surface area (Å²) in [5.74, 6) is -1.43. The van der Waals surface area contributed by atoms with Gasteiger partial charge in [-0.2, -0.15) is 0 Å². The van der Waals surface area contributed by atoms with Crippen LogP contribution in [0.2, 0.25) is 0 Å². The summed E-state index contributed by atoms with van der Waals surface area (Å²) >= 11 is 0. The first-order chi connectivity index (χ1) is 16.8. The topological polar surface area (TPSA) is 270 Å². The van der Waals surface area contributed by atoms with Crippen LogP contribution >= 0.6 is 15.4 Å². The summed E-state index contributed by atoms with van der Waals surface area (Å²) in [6, 6.07) is -0.549. The molecule has 3 unspecified atom stereocenters. The van der Waals surface area contributed by atoms with Crippen LogP contribution in [0.25, 0.3) is 11.2 Å². The number of amides is 2. The summed E-state index contributed by atoms with van der Waals surface area (Å²) in [5, 5.41) is 34.3. The predicted molar refractivity (Wildman–Crippen MR) is 113 cm³/mol.